The van der Waals surface area contributed by atoms with E-state index in [9.17, 15) is 0 Å². The molecule has 0 bridgehead atoms. The van der Waals surface area contributed by atoms with E-state index in [0.29, 0.717) is 17.3 Å². The number of hydrogen-bond acceptors (Lipinski definition) is 6. The van der Waals surface area contributed by atoms with Crippen LogP contribution in [0.1, 0.15) is 159 Å². The molecule has 6 nitrogen and oxygen atoms in total. The van der Waals surface area contributed by atoms with Crippen molar-refractivity contribution in [1.29, 1.82) is 0 Å². The van der Waals surface area contributed by atoms with Gasteiger partial charge in [0.1, 0.15) is 5.75 Å². The smallest absolute Gasteiger partial charge is 0.160 e. The van der Waals surface area contributed by atoms with Crippen molar-refractivity contribution in [2.24, 2.45) is 46.8 Å². The van der Waals surface area contributed by atoms with Crippen molar-refractivity contribution < 1.29 is 23.7 Å². The molecule has 1 saturated heterocycles. The molecule has 1 heterocycles. The fourth-order valence-corrected chi connectivity index (χ4v) is 6.82. The zero-order chi connectivity index (χ0) is 55.8. The first-order valence-electron chi connectivity index (χ1n) is 27.8. The van der Waals surface area contributed by atoms with Crippen LogP contribution < -0.4 is 14.2 Å². The van der Waals surface area contributed by atoms with Crippen molar-refractivity contribution in [1.82, 2.24) is 4.90 Å². The van der Waals surface area contributed by atoms with Gasteiger partial charge < -0.3 is 23.7 Å². The van der Waals surface area contributed by atoms with E-state index in [1.807, 2.05) is 36.4 Å². The van der Waals surface area contributed by atoms with Gasteiger partial charge in [0, 0.05) is 31.8 Å². The third-order valence-corrected chi connectivity index (χ3v) is 12.2. The van der Waals surface area contributed by atoms with E-state index in [2.05, 4.69) is 183 Å². The van der Waals surface area contributed by atoms with Crippen LogP contribution in [0.5, 0.6) is 17.2 Å². The monoisotopic (exact) mass is 1030 g/mol. The predicted octanol–water partition coefficient (Wildman–Crippen LogP) is 18.3. The van der Waals surface area contributed by atoms with Crippen molar-refractivity contribution in [3.8, 4) is 17.2 Å². The lowest BCUT2D eigenvalue weighted by atomic mass is 9.84. The molecule has 0 spiro atoms. The number of morpholine rings is 1. The predicted molar refractivity (Wildman–Crippen MR) is 322 cm³/mol. The van der Waals surface area contributed by atoms with Crippen molar-refractivity contribution in [2.45, 2.75) is 163 Å². The van der Waals surface area contributed by atoms with Gasteiger partial charge in [-0.25, -0.2) is 0 Å². The van der Waals surface area contributed by atoms with E-state index < -0.39 is 0 Å². The van der Waals surface area contributed by atoms with Gasteiger partial charge in [-0.3, -0.25) is 4.90 Å². The van der Waals surface area contributed by atoms with Gasteiger partial charge in [0.2, 0.25) is 0 Å². The number of aryl methyl sites for hydroxylation is 1. The lowest BCUT2D eigenvalue weighted by Gasteiger charge is -2.26. The fourth-order valence-electron chi connectivity index (χ4n) is 6.60. The highest BCUT2D eigenvalue weighted by atomic mass is 35.5. The SMILES string of the molecule is CC(C)C(C)(C)C.CC(C)CCN1CCOCC1.CC(C)Cc1cccc(Cl)c1.CC(C)Cc1ccccc1.COCCC(C)C.COc1ccc(CCC(C)C)cc1OC.COc1cccc(CC(C)C)c1. The Morgan fingerprint density at radius 1 is 0.493 bits per heavy atom. The number of rotatable bonds is 18. The summed E-state index contributed by atoms with van der Waals surface area (Å²) in [5.74, 6) is 7.88. The maximum atomic E-state index is 5.83. The van der Waals surface area contributed by atoms with Crippen LogP contribution in [-0.4, -0.2) is 72.8 Å². The quantitative estimate of drug-likeness (QED) is 0.0990. The summed E-state index contributed by atoms with van der Waals surface area (Å²) in [5.41, 5.74) is 5.93. The number of ether oxygens (including phenoxy) is 5. The molecule has 0 atom stereocenters. The molecule has 1 fully saturated rings. The van der Waals surface area contributed by atoms with Gasteiger partial charge in [0.25, 0.3) is 0 Å². The van der Waals surface area contributed by atoms with E-state index in [4.69, 9.17) is 35.3 Å². The van der Waals surface area contributed by atoms with Gasteiger partial charge in [-0.15, -0.1) is 0 Å². The van der Waals surface area contributed by atoms with Crippen LogP contribution in [0.2, 0.25) is 5.02 Å². The van der Waals surface area contributed by atoms with E-state index in [-0.39, 0.29) is 0 Å². The fraction of sp³-hybridized carbons (Fsp3) is 0.636. The standard InChI is InChI=1S/C13H20O2.C11H16O.C10H13Cl.C10H14.C9H19NO.C7H16.C6H14O/c1-10(2)5-6-11-7-8-12(14-3)13(9-11)15-4;1-9(2)7-10-5-4-6-11(8-10)12-3;1-8(2)6-9-4-3-5-10(11)7-9;1-9(2)8-10-6-4-3-5-7-10;1-9(2)3-4-10-5-7-11-8-6-10;1-6(2)7(3,4)5;1-6(2)4-5-7-3/h7-10H,5-6H2,1-4H3;4-6,8-9H,7H2,1-3H3;3-5,7-8H,6H2,1-2H3;3-7,9H,8H2,1-2H3;9H,3-8H2,1-2H3;6H,1-5H3;6H,4-5H2,1-3H3. The second-order valence-electron chi connectivity index (χ2n) is 23.2. The molecule has 73 heavy (non-hydrogen) atoms. The Bertz CT molecular complexity index is 1840. The second-order valence-corrected chi connectivity index (χ2v) is 23.7. The van der Waals surface area contributed by atoms with E-state index in [1.165, 1.54) is 54.5 Å². The van der Waals surface area contributed by atoms with Crippen molar-refractivity contribution in [2.75, 3.05) is 67.9 Å². The van der Waals surface area contributed by atoms with Gasteiger partial charge >= 0.3 is 0 Å². The molecule has 0 aliphatic carbocycles. The Balaban J connectivity index is 0. The third-order valence-electron chi connectivity index (χ3n) is 12.0. The molecular weight excluding hydrogens is 922 g/mol. The van der Waals surface area contributed by atoms with Crippen LogP contribution in [0.3, 0.4) is 0 Å². The van der Waals surface area contributed by atoms with Crippen LogP contribution in [-0.2, 0) is 35.2 Å². The summed E-state index contributed by atoms with van der Waals surface area (Å²) < 4.78 is 25.7. The van der Waals surface area contributed by atoms with Gasteiger partial charge in [-0.05, 0) is 157 Å². The lowest BCUT2D eigenvalue weighted by Crippen LogP contribution is -2.37. The van der Waals surface area contributed by atoms with E-state index >= 15 is 0 Å². The van der Waals surface area contributed by atoms with Crippen LogP contribution in [0.4, 0.5) is 0 Å². The Labute approximate surface area is 457 Å². The molecule has 4 aromatic rings. The zero-order valence-electron chi connectivity index (χ0n) is 50.8. The normalized spacial score (nSPS) is 12.2. The van der Waals surface area contributed by atoms with Crippen LogP contribution >= 0.6 is 11.6 Å². The molecule has 0 aromatic heterocycles. The number of benzene rings is 4. The summed E-state index contributed by atoms with van der Waals surface area (Å²) in [6.07, 6.45) is 8.22. The highest BCUT2D eigenvalue weighted by molar-refractivity contribution is 6.30. The molecule has 5 rings (SSSR count). The molecule has 7 heteroatoms. The summed E-state index contributed by atoms with van der Waals surface area (Å²) in [7, 11) is 6.77. The molecular formula is C66H112ClNO5. The van der Waals surface area contributed by atoms with E-state index in [0.717, 1.165) is 104 Å². The summed E-state index contributed by atoms with van der Waals surface area (Å²) in [4.78, 5) is 2.49. The Hall–Kier alpha value is -3.55. The Morgan fingerprint density at radius 3 is 1.40 bits per heavy atom. The number of hydrogen-bond donors (Lipinski definition) is 0. The maximum Gasteiger partial charge on any atom is 0.160 e. The molecule has 0 saturated carbocycles. The topological polar surface area (TPSA) is 49.4 Å². The zero-order valence-corrected chi connectivity index (χ0v) is 51.6. The molecule has 0 unspecified atom stereocenters. The van der Waals surface area contributed by atoms with Crippen LogP contribution in [0.25, 0.3) is 0 Å². The van der Waals surface area contributed by atoms with Gasteiger partial charge in [0.15, 0.2) is 11.5 Å². The van der Waals surface area contributed by atoms with Crippen molar-refractivity contribution in [3.63, 3.8) is 0 Å². The average molecular weight is 1040 g/mol. The van der Waals surface area contributed by atoms with Crippen LogP contribution in [0, 0.1) is 46.8 Å². The highest BCUT2D eigenvalue weighted by Crippen LogP contribution is 2.28. The molecule has 0 amide bonds. The Kier molecular flexibility index (Phi) is 42.8. The molecule has 0 N–H and O–H groups in total. The van der Waals surface area contributed by atoms with Gasteiger partial charge in [-0.1, -0.05) is 190 Å². The third kappa shape index (κ3) is 43.4. The minimum atomic E-state index is 0.500. The summed E-state index contributed by atoms with van der Waals surface area (Å²) in [6, 6.07) is 33.0. The molecule has 0 radical (unpaired) electrons. The minimum Gasteiger partial charge on any atom is -0.497 e. The summed E-state index contributed by atoms with van der Waals surface area (Å²) >= 11 is 5.83. The van der Waals surface area contributed by atoms with Gasteiger partial charge in [-0.2, -0.15) is 0 Å². The highest BCUT2D eigenvalue weighted by Gasteiger charge is 2.14. The van der Waals surface area contributed by atoms with Crippen LogP contribution in [0.15, 0.2) is 97.1 Å². The summed E-state index contributed by atoms with van der Waals surface area (Å²) in [5, 5.41) is 0.836. The lowest BCUT2D eigenvalue weighted by molar-refractivity contribution is 0.0360. The Morgan fingerprint density at radius 2 is 0.973 bits per heavy atom. The molecule has 1 aliphatic rings. The number of nitrogens with zero attached hydrogens (tertiary/aromatic N) is 1. The summed E-state index contributed by atoms with van der Waals surface area (Å²) in [6.45, 7) is 44.3. The molecule has 418 valence electrons. The second kappa shape index (κ2) is 43.7. The maximum absolute atomic E-state index is 5.83. The first-order valence-corrected chi connectivity index (χ1v) is 28.2. The first-order chi connectivity index (χ1) is 34.4. The number of halogens is 1. The largest absolute Gasteiger partial charge is 0.497 e. The molecule has 1 aliphatic heterocycles. The number of methoxy groups -OCH3 is 4. The first kappa shape index (κ1) is 71.5. The van der Waals surface area contributed by atoms with Crippen molar-refractivity contribution in [3.05, 3.63) is 124 Å². The average Bonchev–Trinajstić information content (AvgIpc) is 3.33. The minimum absolute atomic E-state index is 0.500. The van der Waals surface area contributed by atoms with Gasteiger partial charge in [0.05, 0.1) is 34.5 Å². The van der Waals surface area contributed by atoms with E-state index in [1.54, 1.807) is 28.4 Å². The molecule has 4 aromatic carbocycles. The van der Waals surface area contributed by atoms with Crippen molar-refractivity contribution >= 4 is 11.6 Å².